The third-order valence-electron chi connectivity index (χ3n) is 2.44. The fourth-order valence-electron chi connectivity index (χ4n) is 1.59. The molecule has 102 valence electrons. The molecule has 0 aliphatic rings. The molecule has 0 fully saturated rings. The van der Waals surface area contributed by atoms with Gasteiger partial charge in [0.2, 0.25) is 0 Å². The fourth-order valence-corrected chi connectivity index (χ4v) is 3.25. The van der Waals surface area contributed by atoms with Crippen molar-refractivity contribution in [3.63, 3.8) is 0 Å². The second kappa shape index (κ2) is 6.64. The van der Waals surface area contributed by atoms with Crippen molar-refractivity contribution < 1.29 is 4.74 Å². The van der Waals surface area contributed by atoms with E-state index in [4.69, 9.17) is 16.3 Å². The van der Waals surface area contributed by atoms with Gasteiger partial charge in [-0.15, -0.1) is 11.3 Å². The number of anilines is 1. The van der Waals surface area contributed by atoms with Gasteiger partial charge >= 0.3 is 0 Å². The molecule has 1 heterocycles. The van der Waals surface area contributed by atoms with Crippen LogP contribution >= 0.6 is 38.9 Å². The molecule has 5 heteroatoms. The van der Waals surface area contributed by atoms with E-state index in [0.29, 0.717) is 5.02 Å². The Morgan fingerprint density at radius 3 is 2.74 bits per heavy atom. The van der Waals surface area contributed by atoms with Gasteiger partial charge in [-0.2, -0.15) is 0 Å². The minimum absolute atomic E-state index is 0.124. The van der Waals surface area contributed by atoms with Gasteiger partial charge in [-0.05, 0) is 59.4 Å². The molecule has 2 nitrogen and oxygen atoms in total. The van der Waals surface area contributed by atoms with Crippen LogP contribution in [-0.2, 0) is 6.54 Å². The smallest absolute Gasteiger partial charge is 0.138 e. The van der Waals surface area contributed by atoms with Crippen LogP contribution in [-0.4, -0.2) is 6.10 Å². The Labute approximate surface area is 130 Å². The predicted molar refractivity (Wildman–Crippen MR) is 86.6 cm³/mol. The third-order valence-corrected chi connectivity index (χ3v) is 4.66. The maximum absolute atomic E-state index is 6.19. The van der Waals surface area contributed by atoms with E-state index in [1.54, 1.807) is 11.3 Å². The highest BCUT2D eigenvalue weighted by Gasteiger charge is 2.06. The molecule has 19 heavy (non-hydrogen) atoms. The molecular weight excluding hydrogens is 346 g/mol. The Hall–Kier alpha value is -0.710. The van der Waals surface area contributed by atoms with Crippen molar-refractivity contribution >= 4 is 44.6 Å². The summed E-state index contributed by atoms with van der Waals surface area (Å²) in [6.45, 7) is 4.74. The lowest BCUT2D eigenvalue weighted by atomic mass is 10.3. The van der Waals surface area contributed by atoms with Crippen molar-refractivity contribution in [2.24, 2.45) is 0 Å². The average molecular weight is 361 g/mol. The number of hydrogen-bond donors (Lipinski definition) is 1. The first-order chi connectivity index (χ1) is 9.06. The Kier molecular flexibility index (Phi) is 5.13. The highest BCUT2D eigenvalue weighted by atomic mass is 79.9. The van der Waals surface area contributed by atoms with Gasteiger partial charge in [-0.1, -0.05) is 11.6 Å². The summed E-state index contributed by atoms with van der Waals surface area (Å²) in [4.78, 5) is 1.26. The first-order valence-electron chi connectivity index (χ1n) is 5.98. The number of halogens is 2. The maximum atomic E-state index is 6.19. The molecule has 2 rings (SSSR count). The predicted octanol–water partition coefficient (Wildman–Crippen LogP) is 5.56. The molecule has 1 aromatic carbocycles. The molecule has 1 aromatic heterocycles. The van der Waals surface area contributed by atoms with Gasteiger partial charge < -0.3 is 10.1 Å². The van der Waals surface area contributed by atoms with E-state index in [2.05, 4.69) is 26.6 Å². The fraction of sp³-hybridized carbons (Fsp3) is 0.286. The van der Waals surface area contributed by atoms with E-state index in [-0.39, 0.29) is 6.10 Å². The summed E-state index contributed by atoms with van der Waals surface area (Å²) < 4.78 is 6.74. The molecule has 0 atom stereocenters. The van der Waals surface area contributed by atoms with Crippen LogP contribution in [0, 0.1) is 0 Å². The third kappa shape index (κ3) is 4.13. The van der Waals surface area contributed by atoms with Crippen molar-refractivity contribution in [1.29, 1.82) is 0 Å². The van der Waals surface area contributed by atoms with Crippen LogP contribution in [0.1, 0.15) is 18.7 Å². The molecule has 0 bridgehead atoms. The minimum atomic E-state index is 0.124. The molecule has 0 aliphatic carbocycles. The molecule has 0 aliphatic heterocycles. The Bertz CT molecular complexity index is 556. The number of thiophene rings is 1. The summed E-state index contributed by atoms with van der Waals surface area (Å²) in [6, 6.07) is 7.81. The largest absolute Gasteiger partial charge is 0.489 e. The monoisotopic (exact) mass is 359 g/mol. The van der Waals surface area contributed by atoms with E-state index in [1.807, 2.05) is 38.1 Å². The molecule has 0 saturated carbocycles. The summed E-state index contributed by atoms with van der Waals surface area (Å²) in [5.41, 5.74) is 0.987. The highest BCUT2D eigenvalue weighted by Crippen LogP contribution is 2.29. The van der Waals surface area contributed by atoms with Crippen LogP contribution in [0.4, 0.5) is 5.69 Å². The molecule has 2 aromatic rings. The number of rotatable bonds is 5. The van der Waals surface area contributed by atoms with E-state index >= 15 is 0 Å². The molecular formula is C14H15BrClNOS. The van der Waals surface area contributed by atoms with E-state index in [0.717, 1.165) is 22.5 Å². The number of hydrogen-bond acceptors (Lipinski definition) is 3. The Morgan fingerprint density at radius 1 is 1.37 bits per heavy atom. The summed E-state index contributed by atoms with van der Waals surface area (Å²) in [6.07, 6.45) is 0.124. The number of benzene rings is 1. The second-order valence-corrected chi connectivity index (χ2v) is 6.62. The van der Waals surface area contributed by atoms with E-state index in [9.17, 15) is 0 Å². The zero-order valence-corrected chi connectivity index (χ0v) is 13.9. The number of nitrogens with one attached hydrogen (secondary N) is 1. The van der Waals surface area contributed by atoms with Crippen molar-refractivity contribution in [2.45, 2.75) is 26.5 Å². The Balaban J connectivity index is 2.02. The van der Waals surface area contributed by atoms with Crippen LogP contribution in [0.5, 0.6) is 5.75 Å². The first kappa shape index (κ1) is 14.7. The minimum Gasteiger partial charge on any atom is -0.489 e. The second-order valence-electron chi connectivity index (χ2n) is 4.36. The van der Waals surface area contributed by atoms with Crippen LogP contribution in [0.25, 0.3) is 0 Å². The lowest BCUT2D eigenvalue weighted by Gasteiger charge is -2.13. The summed E-state index contributed by atoms with van der Waals surface area (Å²) in [5, 5.41) is 6.04. The van der Waals surface area contributed by atoms with Gasteiger partial charge in [0, 0.05) is 15.0 Å². The van der Waals surface area contributed by atoms with E-state index < -0.39 is 0 Å². The highest BCUT2D eigenvalue weighted by molar-refractivity contribution is 9.10. The SMILES string of the molecule is CC(C)Oc1ccc(NCc2sccc2Br)cc1Cl. The first-order valence-corrected chi connectivity index (χ1v) is 8.03. The summed E-state index contributed by atoms with van der Waals surface area (Å²) >= 11 is 11.4. The average Bonchev–Trinajstić information content (AvgIpc) is 2.75. The Morgan fingerprint density at radius 2 is 2.16 bits per heavy atom. The normalized spacial score (nSPS) is 10.8. The van der Waals surface area contributed by atoms with Crippen molar-refractivity contribution in [3.05, 3.63) is 44.0 Å². The standard InChI is InChI=1S/C14H15BrClNOS/c1-9(2)18-13-4-3-10(7-12(13)16)17-8-14-11(15)5-6-19-14/h3-7,9,17H,8H2,1-2H3. The maximum Gasteiger partial charge on any atom is 0.138 e. The number of ether oxygens (including phenoxy) is 1. The lowest BCUT2D eigenvalue weighted by molar-refractivity contribution is 0.242. The zero-order valence-electron chi connectivity index (χ0n) is 10.7. The van der Waals surface area contributed by atoms with Crippen LogP contribution in [0.15, 0.2) is 34.1 Å². The molecule has 1 N–H and O–H groups in total. The van der Waals surface area contributed by atoms with Gasteiger partial charge in [0.25, 0.3) is 0 Å². The zero-order chi connectivity index (χ0) is 13.8. The van der Waals surface area contributed by atoms with Gasteiger partial charge in [0.05, 0.1) is 17.7 Å². The van der Waals surface area contributed by atoms with Gasteiger partial charge in [-0.25, -0.2) is 0 Å². The quantitative estimate of drug-likeness (QED) is 0.753. The summed E-state index contributed by atoms with van der Waals surface area (Å²) in [7, 11) is 0. The topological polar surface area (TPSA) is 21.3 Å². The molecule has 0 amide bonds. The van der Waals surface area contributed by atoms with Crippen LogP contribution in [0.2, 0.25) is 5.02 Å². The summed E-state index contributed by atoms with van der Waals surface area (Å²) in [5.74, 6) is 0.722. The van der Waals surface area contributed by atoms with E-state index in [1.165, 1.54) is 4.88 Å². The molecule has 0 saturated heterocycles. The molecule has 0 spiro atoms. The molecule has 0 unspecified atom stereocenters. The lowest BCUT2D eigenvalue weighted by Crippen LogP contribution is -2.06. The van der Waals surface area contributed by atoms with Crippen LogP contribution in [0.3, 0.4) is 0 Å². The van der Waals surface area contributed by atoms with Gasteiger partial charge in [0.1, 0.15) is 5.75 Å². The van der Waals surface area contributed by atoms with Crippen LogP contribution < -0.4 is 10.1 Å². The van der Waals surface area contributed by atoms with Crippen molar-refractivity contribution in [2.75, 3.05) is 5.32 Å². The van der Waals surface area contributed by atoms with Gasteiger partial charge in [0.15, 0.2) is 0 Å². The van der Waals surface area contributed by atoms with Gasteiger partial charge in [-0.3, -0.25) is 0 Å². The van der Waals surface area contributed by atoms with Crippen molar-refractivity contribution in [1.82, 2.24) is 0 Å². The van der Waals surface area contributed by atoms with Crippen molar-refractivity contribution in [3.8, 4) is 5.75 Å². The molecule has 0 radical (unpaired) electrons.